The van der Waals surface area contributed by atoms with Crippen molar-refractivity contribution in [3.63, 3.8) is 0 Å². The number of fused-ring (bicyclic) bond motifs is 5. The van der Waals surface area contributed by atoms with Gasteiger partial charge in [0.15, 0.2) is 0 Å². The molecule has 1 aliphatic rings. The van der Waals surface area contributed by atoms with Gasteiger partial charge < -0.3 is 0 Å². The van der Waals surface area contributed by atoms with Gasteiger partial charge in [0, 0.05) is 5.41 Å². The molecule has 0 aromatic heterocycles. The van der Waals surface area contributed by atoms with E-state index in [4.69, 9.17) is 0 Å². The molecular weight excluding hydrogens is 589 g/mol. The largest absolute Gasteiger partial charge is 0.0683 e. The van der Waals surface area contributed by atoms with Gasteiger partial charge in [0.1, 0.15) is 0 Å². The third-order valence-electron chi connectivity index (χ3n) is 10.3. The molecule has 0 N–H and O–H groups in total. The Bertz CT molecular complexity index is 2400. The quantitative estimate of drug-likeness (QED) is 0.170. The van der Waals surface area contributed by atoms with Crippen LogP contribution in [0.25, 0.3) is 77.2 Å². The highest BCUT2D eigenvalue weighted by Crippen LogP contribution is 2.50. The summed E-state index contributed by atoms with van der Waals surface area (Å²) in [5.74, 6) is 0. The van der Waals surface area contributed by atoms with Gasteiger partial charge in [-0.15, -0.1) is 0 Å². The molecule has 0 nitrogen and oxygen atoms in total. The fourth-order valence-corrected chi connectivity index (χ4v) is 7.95. The van der Waals surface area contributed by atoms with Gasteiger partial charge in [0.25, 0.3) is 0 Å². The second-order valence-electron chi connectivity index (χ2n) is 13.3. The van der Waals surface area contributed by atoms with Gasteiger partial charge in [-0.1, -0.05) is 185 Å². The van der Waals surface area contributed by atoms with Crippen LogP contribution in [-0.2, 0) is 5.41 Å². The predicted octanol–water partition coefficient (Wildman–Crippen LogP) is 14.0. The first-order chi connectivity index (χ1) is 24.1. The van der Waals surface area contributed by atoms with Crippen molar-refractivity contribution in [1.29, 1.82) is 0 Å². The highest BCUT2D eigenvalue weighted by Gasteiger charge is 2.35. The minimum absolute atomic E-state index is 0.0267. The van der Waals surface area contributed by atoms with Crippen molar-refractivity contribution in [2.45, 2.75) is 33.1 Å². The molecule has 0 unspecified atom stereocenters. The maximum absolute atomic E-state index is 2.42. The highest BCUT2D eigenvalue weighted by atomic mass is 14.4. The molecule has 49 heavy (non-hydrogen) atoms. The molecular formula is C49H40. The van der Waals surface area contributed by atoms with Crippen LogP contribution in [0.5, 0.6) is 0 Å². The smallest absolute Gasteiger partial charge is 0.0159 e. The van der Waals surface area contributed by atoms with Crippen LogP contribution in [0.1, 0.15) is 38.8 Å². The van der Waals surface area contributed by atoms with Crippen LogP contribution in [0.15, 0.2) is 170 Å². The van der Waals surface area contributed by atoms with Crippen LogP contribution in [0.3, 0.4) is 0 Å². The molecule has 0 heterocycles. The first kappa shape index (κ1) is 30.6. The van der Waals surface area contributed by atoms with E-state index in [1.807, 2.05) is 13.8 Å². The maximum Gasteiger partial charge on any atom is 0.0159 e. The third kappa shape index (κ3) is 5.07. The van der Waals surface area contributed by atoms with Gasteiger partial charge in [0.2, 0.25) is 0 Å². The zero-order chi connectivity index (χ0) is 33.5. The van der Waals surface area contributed by atoms with E-state index in [9.17, 15) is 0 Å². The van der Waals surface area contributed by atoms with Crippen LogP contribution in [0, 0.1) is 0 Å². The molecule has 0 saturated heterocycles. The van der Waals surface area contributed by atoms with Crippen molar-refractivity contribution >= 4 is 21.5 Å². The Kier molecular flexibility index (Phi) is 7.73. The van der Waals surface area contributed by atoms with Crippen molar-refractivity contribution in [2.75, 3.05) is 0 Å². The molecule has 236 valence electrons. The summed E-state index contributed by atoms with van der Waals surface area (Å²) >= 11 is 0. The molecule has 0 fully saturated rings. The van der Waals surface area contributed by atoms with Crippen LogP contribution in [-0.4, -0.2) is 0 Å². The lowest BCUT2D eigenvalue weighted by Crippen LogP contribution is -2.14. The topological polar surface area (TPSA) is 0 Å². The van der Waals surface area contributed by atoms with Gasteiger partial charge in [0.05, 0.1) is 0 Å². The number of hydrogen-bond acceptors (Lipinski definition) is 0. The molecule has 8 aromatic rings. The van der Waals surface area contributed by atoms with Gasteiger partial charge in [-0.3, -0.25) is 0 Å². The lowest BCUT2D eigenvalue weighted by atomic mass is 9.81. The van der Waals surface area contributed by atoms with E-state index in [1.165, 1.54) is 88.3 Å². The molecule has 1 aliphatic carbocycles. The number of hydrogen-bond donors (Lipinski definition) is 0. The summed E-state index contributed by atoms with van der Waals surface area (Å²) in [6, 6.07) is 62.6. The Labute approximate surface area is 290 Å². The van der Waals surface area contributed by atoms with Crippen molar-refractivity contribution < 1.29 is 0 Å². The molecule has 0 radical (unpaired) electrons. The average Bonchev–Trinajstić information content (AvgIpc) is 3.40. The molecule has 0 spiro atoms. The summed E-state index contributed by atoms with van der Waals surface area (Å²) in [6.45, 7) is 8.71. The summed E-state index contributed by atoms with van der Waals surface area (Å²) in [5.41, 5.74) is 15.5. The summed E-state index contributed by atoms with van der Waals surface area (Å²) in [5, 5.41) is 5.10. The third-order valence-corrected chi connectivity index (χ3v) is 10.3. The van der Waals surface area contributed by atoms with E-state index < -0.39 is 0 Å². The minimum Gasteiger partial charge on any atom is -0.0683 e. The summed E-state index contributed by atoms with van der Waals surface area (Å²) < 4.78 is 0. The minimum atomic E-state index is -0.0267. The molecule has 0 amide bonds. The van der Waals surface area contributed by atoms with E-state index in [0.717, 1.165) is 0 Å². The van der Waals surface area contributed by atoms with Crippen LogP contribution >= 0.6 is 0 Å². The monoisotopic (exact) mass is 628 g/mol. The van der Waals surface area contributed by atoms with Gasteiger partial charge >= 0.3 is 0 Å². The van der Waals surface area contributed by atoms with Crippen LogP contribution in [0.2, 0.25) is 0 Å². The molecule has 8 aromatic carbocycles. The van der Waals surface area contributed by atoms with Crippen molar-refractivity contribution in [3.05, 3.63) is 181 Å². The standard InChI is InChI=1S/C47H34.C2H6/c1-47(2)43-22-11-10-17-37(43)38-28-27-35(30-44(38)47)34-15-12-16-36(29-34)46-41-20-8-6-18-39(41)45(40-19-7-9-21-42(40)46)33-25-23-32(24-26-33)31-13-4-3-5-14-31;1-2/h3-30H,1-2H3;1-2H3. The molecule has 0 aliphatic heterocycles. The summed E-state index contributed by atoms with van der Waals surface area (Å²) in [6.07, 6.45) is 0. The van der Waals surface area contributed by atoms with E-state index in [0.29, 0.717) is 0 Å². The SMILES string of the molecule is CC.CC1(C)c2ccccc2-c2ccc(-c3cccc(-c4c5ccccc5c(-c5ccc(-c6ccccc6)cc5)c5ccccc45)c3)cc21. The second-order valence-corrected chi connectivity index (χ2v) is 13.3. The normalized spacial score (nSPS) is 12.7. The molecule has 9 rings (SSSR count). The first-order valence-electron chi connectivity index (χ1n) is 17.5. The fraction of sp³-hybridized carbons (Fsp3) is 0.102. The van der Waals surface area contributed by atoms with E-state index in [1.54, 1.807) is 0 Å². The predicted molar refractivity (Wildman–Crippen MR) is 212 cm³/mol. The summed E-state index contributed by atoms with van der Waals surface area (Å²) in [4.78, 5) is 0. The van der Waals surface area contributed by atoms with E-state index in [2.05, 4.69) is 184 Å². The number of rotatable bonds is 4. The Hall–Kier alpha value is -5.72. The molecule has 0 bridgehead atoms. The lowest BCUT2D eigenvalue weighted by Gasteiger charge is -2.22. The van der Waals surface area contributed by atoms with Crippen LogP contribution < -0.4 is 0 Å². The Morgan fingerprint density at radius 1 is 0.306 bits per heavy atom. The van der Waals surface area contributed by atoms with Crippen molar-refractivity contribution in [1.82, 2.24) is 0 Å². The number of benzene rings is 8. The molecule has 0 saturated carbocycles. The lowest BCUT2D eigenvalue weighted by molar-refractivity contribution is 0.660. The Morgan fingerprint density at radius 3 is 1.39 bits per heavy atom. The maximum atomic E-state index is 2.42. The fourth-order valence-electron chi connectivity index (χ4n) is 7.95. The average molecular weight is 629 g/mol. The molecule has 0 heteroatoms. The Balaban J connectivity index is 0.00000171. The summed E-state index contributed by atoms with van der Waals surface area (Å²) in [7, 11) is 0. The zero-order valence-corrected chi connectivity index (χ0v) is 28.7. The zero-order valence-electron chi connectivity index (χ0n) is 28.7. The molecule has 0 atom stereocenters. The van der Waals surface area contributed by atoms with E-state index in [-0.39, 0.29) is 5.41 Å². The first-order valence-corrected chi connectivity index (χ1v) is 17.5. The van der Waals surface area contributed by atoms with Crippen molar-refractivity contribution in [2.24, 2.45) is 0 Å². The highest BCUT2D eigenvalue weighted by molar-refractivity contribution is 6.21. The Morgan fingerprint density at radius 2 is 0.735 bits per heavy atom. The van der Waals surface area contributed by atoms with Gasteiger partial charge in [-0.05, 0) is 100 Å². The van der Waals surface area contributed by atoms with Crippen molar-refractivity contribution in [3.8, 4) is 55.6 Å². The second kappa shape index (κ2) is 12.4. The van der Waals surface area contributed by atoms with Crippen LogP contribution in [0.4, 0.5) is 0 Å². The van der Waals surface area contributed by atoms with E-state index >= 15 is 0 Å². The van der Waals surface area contributed by atoms with Gasteiger partial charge in [-0.25, -0.2) is 0 Å². The van der Waals surface area contributed by atoms with Gasteiger partial charge in [-0.2, -0.15) is 0 Å².